The lowest BCUT2D eigenvalue weighted by Gasteiger charge is -2.31. The number of aryl methyl sites for hydroxylation is 1. The molecule has 4 rings (SSSR count). The van der Waals surface area contributed by atoms with Crippen LogP contribution in [0.3, 0.4) is 0 Å². The van der Waals surface area contributed by atoms with E-state index in [9.17, 15) is 18.0 Å². The number of anilines is 1. The van der Waals surface area contributed by atoms with Crippen molar-refractivity contribution in [3.05, 3.63) is 65.5 Å². The standard InChI is InChI=1S/C23H23F3N4O2/c1-15-8-10-16(11-9-15)21-28-20(32-29-21)14-30-12-4-5-17(13-30)22(31)27-19-7-3-2-6-18(19)23(24,25)26/h2-3,6-11,17H,4-5,12-14H2,1H3,(H,27,31). The number of hydrogen-bond acceptors (Lipinski definition) is 5. The van der Waals surface area contributed by atoms with Crippen LogP contribution in [-0.4, -0.2) is 34.0 Å². The molecule has 1 N–H and O–H groups in total. The minimum Gasteiger partial charge on any atom is -0.338 e. The number of rotatable bonds is 5. The number of para-hydroxylation sites is 1. The predicted octanol–water partition coefficient (Wildman–Crippen LogP) is 4.91. The molecule has 1 unspecified atom stereocenters. The number of likely N-dealkylation sites (tertiary alicyclic amines) is 1. The van der Waals surface area contributed by atoms with Crippen molar-refractivity contribution in [3.8, 4) is 11.4 Å². The Kier molecular flexibility index (Phi) is 6.27. The fourth-order valence-corrected chi connectivity index (χ4v) is 3.82. The number of amides is 1. The number of carbonyl (C=O) groups excluding carboxylic acids is 1. The lowest BCUT2D eigenvalue weighted by molar-refractivity contribution is -0.137. The highest BCUT2D eigenvalue weighted by Gasteiger charge is 2.34. The van der Waals surface area contributed by atoms with Crippen LogP contribution in [0.25, 0.3) is 11.4 Å². The molecule has 168 valence electrons. The summed E-state index contributed by atoms with van der Waals surface area (Å²) in [6.45, 7) is 3.52. The van der Waals surface area contributed by atoms with Gasteiger partial charge in [0.15, 0.2) is 0 Å². The first-order valence-electron chi connectivity index (χ1n) is 10.4. The van der Waals surface area contributed by atoms with Crippen molar-refractivity contribution in [3.63, 3.8) is 0 Å². The van der Waals surface area contributed by atoms with Crippen LogP contribution in [0.4, 0.5) is 18.9 Å². The van der Waals surface area contributed by atoms with Gasteiger partial charge in [0.05, 0.1) is 23.7 Å². The van der Waals surface area contributed by atoms with Gasteiger partial charge in [0.2, 0.25) is 17.6 Å². The molecule has 3 aromatic rings. The summed E-state index contributed by atoms with van der Waals surface area (Å²) < 4.78 is 45.0. The lowest BCUT2D eigenvalue weighted by Crippen LogP contribution is -2.40. The first-order chi connectivity index (χ1) is 15.3. The van der Waals surface area contributed by atoms with E-state index in [1.54, 1.807) is 0 Å². The summed E-state index contributed by atoms with van der Waals surface area (Å²) in [5, 5.41) is 6.49. The third-order valence-electron chi connectivity index (χ3n) is 5.50. The predicted molar refractivity (Wildman–Crippen MR) is 113 cm³/mol. The Hall–Kier alpha value is -3.20. The molecule has 1 fully saturated rings. The maximum atomic E-state index is 13.2. The lowest BCUT2D eigenvalue weighted by atomic mass is 9.97. The largest absolute Gasteiger partial charge is 0.418 e. The van der Waals surface area contributed by atoms with Crippen LogP contribution in [-0.2, 0) is 17.5 Å². The minimum atomic E-state index is -4.53. The molecule has 0 spiro atoms. The zero-order valence-corrected chi connectivity index (χ0v) is 17.5. The number of benzene rings is 2. The molecule has 1 atom stereocenters. The summed E-state index contributed by atoms with van der Waals surface area (Å²) in [7, 11) is 0. The molecule has 1 aromatic heterocycles. The van der Waals surface area contributed by atoms with Crippen molar-refractivity contribution in [1.82, 2.24) is 15.0 Å². The van der Waals surface area contributed by atoms with Crippen molar-refractivity contribution in [1.29, 1.82) is 0 Å². The molecule has 32 heavy (non-hydrogen) atoms. The molecule has 2 heterocycles. The van der Waals surface area contributed by atoms with E-state index in [4.69, 9.17) is 4.52 Å². The van der Waals surface area contributed by atoms with Gasteiger partial charge >= 0.3 is 6.18 Å². The molecular formula is C23H23F3N4O2. The number of piperidine rings is 1. The van der Waals surface area contributed by atoms with Crippen molar-refractivity contribution >= 4 is 11.6 Å². The number of nitrogens with one attached hydrogen (secondary N) is 1. The van der Waals surface area contributed by atoms with Gasteiger partial charge in [0.1, 0.15) is 0 Å². The van der Waals surface area contributed by atoms with Crippen LogP contribution in [0.2, 0.25) is 0 Å². The summed E-state index contributed by atoms with van der Waals surface area (Å²) in [6.07, 6.45) is -3.18. The van der Waals surface area contributed by atoms with Crippen molar-refractivity contribution in [2.45, 2.75) is 32.5 Å². The maximum absolute atomic E-state index is 13.2. The SMILES string of the molecule is Cc1ccc(-c2noc(CN3CCCC(C(=O)Nc4ccccc4C(F)(F)F)C3)n2)cc1. The third-order valence-corrected chi connectivity index (χ3v) is 5.50. The number of aromatic nitrogens is 2. The van der Waals surface area contributed by atoms with Gasteiger partial charge in [-0.15, -0.1) is 0 Å². The molecule has 0 saturated carbocycles. The van der Waals surface area contributed by atoms with Gasteiger partial charge in [-0.05, 0) is 38.4 Å². The highest BCUT2D eigenvalue weighted by molar-refractivity contribution is 5.93. The number of halogens is 3. The Morgan fingerprint density at radius 3 is 2.69 bits per heavy atom. The van der Waals surface area contributed by atoms with Crippen LogP contribution in [0.5, 0.6) is 0 Å². The van der Waals surface area contributed by atoms with Crippen molar-refractivity contribution in [2.75, 3.05) is 18.4 Å². The van der Waals surface area contributed by atoms with Crippen molar-refractivity contribution < 1.29 is 22.5 Å². The van der Waals surface area contributed by atoms with E-state index in [1.807, 2.05) is 36.1 Å². The van der Waals surface area contributed by atoms with E-state index in [2.05, 4.69) is 15.5 Å². The smallest absolute Gasteiger partial charge is 0.338 e. The second kappa shape index (κ2) is 9.12. The van der Waals surface area contributed by atoms with Crippen LogP contribution in [0, 0.1) is 12.8 Å². The normalized spacial score (nSPS) is 17.3. The minimum absolute atomic E-state index is 0.221. The average Bonchev–Trinajstić information content (AvgIpc) is 3.22. The first-order valence-corrected chi connectivity index (χ1v) is 10.4. The highest BCUT2D eigenvalue weighted by Crippen LogP contribution is 2.35. The number of alkyl halides is 3. The van der Waals surface area contributed by atoms with E-state index >= 15 is 0 Å². The summed E-state index contributed by atoms with van der Waals surface area (Å²) in [4.78, 5) is 19.2. The Bertz CT molecular complexity index is 1080. The second-order valence-corrected chi connectivity index (χ2v) is 7.98. The molecule has 0 bridgehead atoms. The van der Waals surface area contributed by atoms with E-state index in [-0.39, 0.29) is 5.69 Å². The first kappa shape index (κ1) is 22.0. The molecule has 9 heteroatoms. The molecular weight excluding hydrogens is 421 g/mol. The summed E-state index contributed by atoms with van der Waals surface area (Å²) in [5.74, 6) is 0.0842. The molecule has 1 saturated heterocycles. The zero-order chi connectivity index (χ0) is 22.7. The van der Waals surface area contributed by atoms with Gasteiger partial charge in [-0.2, -0.15) is 18.2 Å². The number of hydrogen-bond donors (Lipinski definition) is 1. The zero-order valence-electron chi connectivity index (χ0n) is 17.5. The van der Waals surface area contributed by atoms with Crippen molar-refractivity contribution in [2.24, 2.45) is 5.92 Å². The Balaban J connectivity index is 1.39. The highest BCUT2D eigenvalue weighted by atomic mass is 19.4. The van der Waals surface area contributed by atoms with Gasteiger partial charge in [0.25, 0.3) is 0 Å². The molecule has 6 nitrogen and oxygen atoms in total. The van der Waals surface area contributed by atoms with E-state index in [0.29, 0.717) is 31.2 Å². The summed E-state index contributed by atoms with van der Waals surface area (Å²) in [5.41, 5.74) is 0.912. The molecule has 1 aliphatic heterocycles. The number of carbonyl (C=O) groups is 1. The number of nitrogens with zero attached hydrogens (tertiary/aromatic N) is 3. The molecule has 2 aromatic carbocycles. The second-order valence-electron chi connectivity index (χ2n) is 7.98. The Morgan fingerprint density at radius 1 is 1.19 bits per heavy atom. The van der Waals surface area contributed by atoms with Gasteiger partial charge in [0, 0.05) is 12.1 Å². The monoisotopic (exact) mass is 444 g/mol. The van der Waals surface area contributed by atoms with Crippen LogP contribution in [0.1, 0.15) is 29.9 Å². The van der Waals surface area contributed by atoms with Gasteiger partial charge in [-0.25, -0.2) is 0 Å². The van der Waals surface area contributed by atoms with Gasteiger partial charge < -0.3 is 9.84 Å². The van der Waals surface area contributed by atoms with Crippen LogP contribution in [0.15, 0.2) is 53.1 Å². The molecule has 1 aliphatic rings. The Labute approximate surface area is 183 Å². The van der Waals surface area contributed by atoms with Gasteiger partial charge in [-0.3, -0.25) is 9.69 Å². The quantitative estimate of drug-likeness (QED) is 0.605. The maximum Gasteiger partial charge on any atom is 0.418 e. The topological polar surface area (TPSA) is 71.3 Å². The molecule has 1 amide bonds. The summed E-state index contributed by atoms with van der Waals surface area (Å²) in [6, 6.07) is 12.8. The Morgan fingerprint density at radius 2 is 1.94 bits per heavy atom. The summed E-state index contributed by atoms with van der Waals surface area (Å²) >= 11 is 0. The van der Waals surface area contributed by atoms with Gasteiger partial charge in [-0.1, -0.05) is 47.1 Å². The van der Waals surface area contributed by atoms with Crippen LogP contribution >= 0.6 is 0 Å². The molecule has 0 radical (unpaired) electrons. The third kappa shape index (κ3) is 5.16. The van der Waals surface area contributed by atoms with E-state index < -0.39 is 23.6 Å². The fraction of sp³-hybridized carbons (Fsp3) is 0.348. The average molecular weight is 444 g/mol. The van der Waals surface area contributed by atoms with E-state index in [1.165, 1.54) is 18.2 Å². The molecule has 0 aliphatic carbocycles. The van der Waals surface area contributed by atoms with Crippen LogP contribution < -0.4 is 5.32 Å². The van der Waals surface area contributed by atoms with E-state index in [0.717, 1.165) is 30.2 Å². The fourth-order valence-electron chi connectivity index (χ4n) is 3.82.